The Balaban J connectivity index is 1.55. The van der Waals surface area contributed by atoms with Crippen LogP contribution in [0.5, 0.6) is 0 Å². The number of hydrogen-bond acceptors (Lipinski definition) is 4. The molecule has 2 amide bonds. The van der Waals surface area contributed by atoms with Crippen LogP contribution in [0.15, 0.2) is 0 Å². The lowest BCUT2D eigenvalue weighted by molar-refractivity contribution is -0.144. The van der Waals surface area contributed by atoms with Crippen LogP contribution in [0.2, 0.25) is 0 Å². The predicted molar refractivity (Wildman–Crippen MR) is 89.1 cm³/mol. The van der Waals surface area contributed by atoms with Gasteiger partial charge in [-0.15, -0.1) is 0 Å². The highest BCUT2D eigenvalue weighted by Crippen LogP contribution is 2.21. The van der Waals surface area contributed by atoms with Crippen molar-refractivity contribution < 1.29 is 9.59 Å². The molecular formula is C17H30N4O2. The second kappa shape index (κ2) is 7.62. The van der Waals surface area contributed by atoms with Gasteiger partial charge >= 0.3 is 0 Å². The predicted octanol–water partition coefficient (Wildman–Crippen LogP) is 0.284. The van der Waals surface area contributed by atoms with Gasteiger partial charge in [-0.2, -0.15) is 0 Å². The van der Waals surface area contributed by atoms with Crippen LogP contribution < -0.4 is 5.32 Å². The molecule has 0 spiro atoms. The topological polar surface area (TPSA) is 55.9 Å². The van der Waals surface area contributed by atoms with Crippen molar-refractivity contribution in [2.24, 2.45) is 0 Å². The van der Waals surface area contributed by atoms with Crippen molar-refractivity contribution in [3.63, 3.8) is 0 Å². The number of piperidine rings is 1. The molecule has 3 fully saturated rings. The number of carbonyl (C=O) groups excluding carboxylic acids is 2. The summed E-state index contributed by atoms with van der Waals surface area (Å²) >= 11 is 0. The van der Waals surface area contributed by atoms with E-state index in [9.17, 15) is 9.59 Å². The number of nitrogens with zero attached hydrogens (tertiary/aromatic N) is 3. The van der Waals surface area contributed by atoms with Crippen molar-refractivity contribution >= 4 is 11.8 Å². The molecule has 23 heavy (non-hydrogen) atoms. The molecule has 3 aliphatic heterocycles. The first kappa shape index (κ1) is 16.7. The van der Waals surface area contributed by atoms with Gasteiger partial charge in [-0.3, -0.25) is 9.59 Å². The molecule has 1 N–H and O–H groups in total. The van der Waals surface area contributed by atoms with Gasteiger partial charge in [-0.1, -0.05) is 0 Å². The summed E-state index contributed by atoms with van der Waals surface area (Å²) in [6.45, 7) is 5.19. The van der Waals surface area contributed by atoms with E-state index in [0.29, 0.717) is 12.6 Å². The molecule has 3 rings (SSSR count). The van der Waals surface area contributed by atoms with E-state index in [1.807, 2.05) is 11.9 Å². The number of rotatable bonds is 5. The summed E-state index contributed by atoms with van der Waals surface area (Å²) in [5.41, 5.74) is 0. The Bertz CT molecular complexity index is 436. The quantitative estimate of drug-likeness (QED) is 0.790. The van der Waals surface area contributed by atoms with Gasteiger partial charge in [0.05, 0.1) is 12.6 Å². The van der Waals surface area contributed by atoms with E-state index < -0.39 is 0 Å². The largest absolute Gasteiger partial charge is 0.337 e. The number of carbonyl (C=O) groups is 2. The van der Waals surface area contributed by atoms with Crippen LogP contribution in [-0.4, -0.2) is 84.9 Å². The maximum atomic E-state index is 12.7. The van der Waals surface area contributed by atoms with Crippen LogP contribution in [0.1, 0.15) is 38.5 Å². The molecular weight excluding hydrogens is 292 g/mol. The second-order valence-corrected chi connectivity index (χ2v) is 7.13. The molecule has 3 aliphatic rings. The van der Waals surface area contributed by atoms with E-state index in [4.69, 9.17) is 0 Å². The van der Waals surface area contributed by atoms with Crippen molar-refractivity contribution in [2.45, 2.75) is 50.6 Å². The molecule has 2 atom stereocenters. The van der Waals surface area contributed by atoms with Crippen molar-refractivity contribution in [3.8, 4) is 0 Å². The maximum Gasteiger partial charge on any atom is 0.242 e. The van der Waals surface area contributed by atoms with E-state index in [-0.39, 0.29) is 24.4 Å². The van der Waals surface area contributed by atoms with Crippen molar-refractivity contribution in [2.75, 3.05) is 46.3 Å². The molecule has 0 aliphatic carbocycles. The Kier molecular flexibility index (Phi) is 5.54. The number of nitrogens with one attached hydrogen (secondary N) is 1. The molecule has 130 valence electrons. The average Bonchev–Trinajstić information content (AvgIpc) is 3.21. The normalized spacial score (nSPS) is 29.5. The zero-order chi connectivity index (χ0) is 16.2. The van der Waals surface area contributed by atoms with Gasteiger partial charge in [0.25, 0.3) is 0 Å². The van der Waals surface area contributed by atoms with Gasteiger partial charge in [0.1, 0.15) is 0 Å². The van der Waals surface area contributed by atoms with Gasteiger partial charge in [-0.05, 0) is 58.7 Å². The third kappa shape index (κ3) is 3.86. The van der Waals surface area contributed by atoms with Crippen molar-refractivity contribution in [1.82, 2.24) is 20.0 Å². The highest BCUT2D eigenvalue weighted by Gasteiger charge is 2.34. The third-order valence-corrected chi connectivity index (χ3v) is 5.57. The van der Waals surface area contributed by atoms with Crippen LogP contribution in [0.3, 0.4) is 0 Å². The summed E-state index contributed by atoms with van der Waals surface area (Å²) in [6, 6.07) is 0.233. The summed E-state index contributed by atoms with van der Waals surface area (Å²) in [7, 11) is 1.82. The minimum Gasteiger partial charge on any atom is -0.337 e. The molecule has 6 heteroatoms. The summed E-state index contributed by atoms with van der Waals surface area (Å²) in [4.78, 5) is 31.4. The summed E-state index contributed by atoms with van der Waals surface area (Å²) in [6.07, 6.45) is 6.62. The average molecular weight is 322 g/mol. The molecule has 0 aromatic heterocycles. The molecule has 2 unspecified atom stereocenters. The van der Waals surface area contributed by atoms with Crippen LogP contribution >= 0.6 is 0 Å². The van der Waals surface area contributed by atoms with Gasteiger partial charge in [0.2, 0.25) is 11.8 Å². The Labute approximate surface area is 139 Å². The Morgan fingerprint density at radius 3 is 2.57 bits per heavy atom. The lowest BCUT2D eigenvalue weighted by Crippen LogP contribution is -2.54. The molecule has 0 saturated carbocycles. The van der Waals surface area contributed by atoms with E-state index in [1.54, 1.807) is 4.90 Å². The van der Waals surface area contributed by atoms with Crippen LogP contribution in [0.4, 0.5) is 0 Å². The Morgan fingerprint density at radius 2 is 1.83 bits per heavy atom. The van der Waals surface area contributed by atoms with Crippen LogP contribution in [0, 0.1) is 0 Å². The molecule has 0 aromatic carbocycles. The van der Waals surface area contributed by atoms with Gasteiger partial charge in [0.15, 0.2) is 0 Å². The van der Waals surface area contributed by atoms with E-state index in [0.717, 1.165) is 38.8 Å². The molecule has 3 heterocycles. The molecule has 0 bridgehead atoms. The fraction of sp³-hybridized carbons (Fsp3) is 0.882. The standard InChI is InChI=1S/C17H30N4O2/c1-18-15-7-5-10-20(17(15)23)13-16(22)21-11-4-6-14(21)12-19-8-2-3-9-19/h14-15,18H,2-13H2,1H3. The van der Waals surface area contributed by atoms with Crippen LogP contribution in [-0.2, 0) is 9.59 Å². The lowest BCUT2D eigenvalue weighted by Gasteiger charge is -2.34. The second-order valence-electron chi connectivity index (χ2n) is 7.13. The van der Waals surface area contributed by atoms with E-state index in [2.05, 4.69) is 10.2 Å². The van der Waals surface area contributed by atoms with E-state index in [1.165, 1.54) is 25.9 Å². The SMILES string of the molecule is CNC1CCCN(CC(=O)N2CCCC2CN2CCCC2)C1=O. The monoisotopic (exact) mass is 322 g/mol. The third-order valence-electron chi connectivity index (χ3n) is 5.57. The summed E-state index contributed by atoms with van der Waals surface area (Å²) < 4.78 is 0. The highest BCUT2D eigenvalue weighted by molar-refractivity contribution is 5.88. The van der Waals surface area contributed by atoms with Crippen molar-refractivity contribution in [3.05, 3.63) is 0 Å². The van der Waals surface area contributed by atoms with Gasteiger partial charge in [-0.25, -0.2) is 0 Å². The zero-order valence-corrected chi connectivity index (χ0v) is 14.3. The first-order valence-corrected chi connectivity index (χ1v) is 9.17. The fourth-order valence-electron chi connectivity index (χ4n) is 4.24. The summed E-state index contributed by atoms with van der Waals surface area (Å²) in [5, 5.41) is 3.06. The van der Waals surface area contributed by atoms with E-state index >= 15 is 0 Å². The first-order chi connectivity index (χ1) is 11.2. The smallest absolute Gasteiger partial charge is 0.242 e. The van der Waals surface area contributed by atoms with Crippen LogP contribution in [0.25, 0.3) is 0 Å². The lowest BCUT2D eigenvalue weighted by atomic mass is 10.1. The number of likely N-dealkylation sites (N-methyl/N-ethyl adjacent to an activating group) is 1. The minimum atomic E-state index is -0.115. The first-order valence-electron chi connectivity index (χ1n) is 9.17. The van der Waals surface area contributed by atoms with Gasteiger partial charge < -0.3 is 20.0 Å². The highest BCUT2D eigenvalue weighted by atomic mass is 16.2. The van der Waals surface area contributed by atoms with Gasteiger partial charge in [0, 0.05) is 25.7 Å². The molecule has 0 radical (unpaired) electrons. The molecule has 6 nitrogen and oxygen atoms in total. The number of hydrogen-bond donors (Lipinski definition) is 1. The Hall–Kier alpha value is -1.14. The fourth-order valence-corrected chi connectivity index (χ4v) is 4.24. The molecule has 3 saturated heterocycles. The maximum absolute atomic E-state index is 12.7. The molecule has 0 aromatic rings. The minimum absolute atomic E-state index is 0.0855. The Morgan fingerprint density at radius 1 is 1.09 bits per heavy atom. The number of likely N-dealkylation sites (tertiary alicyclic amines) is 3. The summed E-state index contributed by atoms with van der Waals surface area (Å²) in [5.74, 6) is 0.221. The van der Waals surface area contributed by atoms with Crippen molar-refractivity contribution in [1.29, 1.82) is 0 Å². The zero-order valence-electron chi connectivity index (χ0n) is 14.3. The number of amides is 2.